The second kappa shape index (κ2) is 8.58. The molecule has 8 nitrogen and oxygen atoms in total. The first kappa shape index (κ1) is 21.0. The van der Waals surface area contributed by atoms with Crippen LogP contribution < -0.4 is 15.0 Å². The summed E-state index contributed by atoms with van der Waals surface area (Å²) in [5, 5.41) is 9.02. The molecule has 3 heterocycles. The normalized spacial score (nSPS) is 22.4. The number of benzene rings is 1. The monoisotopic (exact) mass is 453 g/mol. The van der Waals surface area contributed by atoms with Gasteiger partial charge in [0, 0.05) is 35.9 Å². The van der Waals surface area contributed by atoms with E-state index in [1.54, 1.807) is 18.5 Å². The number of piperidine rings is 1. The smallest absolute Gasteiger partial charge is 0.322 e. The van der Waals surface area contributed by atoms with Gasteiger partial charge in [-0.3, -0.25) is 0 Å². The van der Waals surface area contributed by atoms with Crippen LogP contribution in [0.3, 0.4) is 0 Å². The van der Waals surface area contributed by atoms with Crippen molar-refractivity contribution in [3.63, 3.8) is 0 Å². The van der Waals surface area contributed by atoms with Crippen LogP contribution in [-0.2, 0) is 0 Å². The van der Waals surface area contributed by atoms with Crippen LogP contribution in [0.5, 0.6) is 11.8 Å². The molecule has 0 radical (unpaired) electrons. The Morgan fingerprint density at radius 1 is 1.09 bits per heavy atom. The third-order valence-corrected chi connectivity index (χ3v) is 6.61. The lowest BCUT2D eigenvalue weighted by Gasteiger charge is -2.38. The summed E-state index contributed by atoms with van der Waals surface area (Å²) >= 11 is 5.99. The van der Waals surface area contributed by atoms with Crippen molar-refractivity contribution in [1.82, 2.24) is 24.7 Å². The Labute approximate surface area is 193 Å². The number of halogens is 1. The van der Waals surface area contributed by atoms with E-state index in [1.165, 1.54) is 12.8 Å². The molecular weight excluding hydrogens is 426 g/mol. The Hall–Kier alpha value is -2.87. The van der Waals surface area contributed by atoms with Crippen molar-refractivity contribution in [3.8, 4) is 11.8 Å². The number of rotatable bonds is 6. The Kier molecular flexibility index (Phi) is 5.63. The number of aromatic nitrogens is 5. The van der Waals surface area contributed by atoms with E-state index in [0.717, 1.165) is 24.6 Å². The standard InChI is InChI=1S/C23H28ClN7O/c1-14(2)31-23(32-19-8-6-18(24)7-9-19)28-22(29-31)27-21-16-4-5-17(21)12-30(11-16)20-10-15(3)25-13-26-20/h6-10,13-14,16-17,21H,4-5,11-12H2,1-3H3,(H,27,29)/t16-,17+,21-. The maximum atomic E-state index is 6.02. The Morgan fingerprint density at radius 3 is 2.47 bits per heavy atom. The average molecular weight is 454 g/mol. The molecule has 1 saturated heterocycles. The van der Waals surface area contributed by atoms with Gasteiger partial charge in [0.1, 0.15) is 17.9 Å². The highest BCUT2D eigenvalue weighted by atomic mass is 35.5. The van der Waals surface area contributed by atoms with E-state index in [1.807, 2.05) is 23.7 Å². The minimum absolute atomic E-state index is 0.125. The minimum Gasteiger partial charge on any atom is -0.424 e. The van der Waals surface area contributed by atoms with Gasteiger partial charge in [-0.2, -0.15) is 4.98 Å². The van der Waals surface area contributed by atoms with Crippen molar-refractivity contribution in [3.05, 3.63) is 47.4 Å². The van der Waals surface area contributed by atoms with Crippen LogP contribution in [0.1, 0.15) is 38.4 Å². The maximum Gasteiger partial charge on any atom is 0.322 e. The van der Waals surface area contributed by atoms with Crippen molar-refractivity contribution in [2.75, 3.05) is 23.3 Å². The van der Waals surface area contributed by atoms with Crippen molar-refractivity contribution in [1.29, 1.82) is 0 Å². The molecule has 5 rings (SSSR count). The van der Waals surface area contributed by atoms with Crippen molar-refractivity contribution in [2.24, 2.45) is 11.8 Å². The summed E-state index contributed by atoms with van der Waals surface area (Å²) < 4.78 is 7.84. The molecule has 1 aromatic carbocycles. The summed E-state index contributed by atoms with van der Waals surface area (Å²) in [6.45, 7) is 8.10. The lowest BCUT2D eigenvalue weighted by Crippen LogP contribution is -2.48. The van der Waals surface area contributed by atoms with Crippen LogP contribution in [0.25, 0.3) is 0 Å². The number of hydrogen-bond acceptors (Lipinski definition) is 7. The fourth-order valence-corrected chi connectivity index (χ4v) is 4.92. The molecule has 2 aromatic heterocycles. The highest BCUT2D eigenvalue weighted by Gasteiger charge is 2.43. The summed E-state index contributed by atoms with van der Waals surface area (Å²) in [5.41, 5.74) is 0.999. The minimum atomic E-state index is 0.125. The van der Waals surface area contributed by atoms with Gasteiger partial charge in [0.15, 0.2) is 0 Å². The molecule has 1 saturated carbocycles. The molecule has 2 fully saturated rings. The first-order valence-electron chi connectivity index (χ1n) is 11.2. The first-order valence-corrected chi connectivity index (χ1v) is 11.5. The van der Waals surface area contributed by atoms with Gasteiger partial charge >= 0.3 is 6.01 Å². The fourth-order valence-electron chi connectivity index (χ4n) is 4.79. The van der Waals surface area contributed by atoms with Crippen molar-refractivity contribution < 1.29 is 4.74 Å². The van der Waals surface area contributed by atoms with Crippen LogP contribution in [0, 0.1) is 18.8 Å². The molecule has 168 valence electrons. The third-order valence-electron chi connectivity index (χ3n) is 6.35. The van der Waals surface area contributed by atoms with Gasteiger partial charge in [-0.05, 0) is 69.7 Å². The van der Waals surface area contributed by atoms with E-state index < -0.39 is 0 Å². The number of fused-ring (bicyclic) bond motifs is 2. The van der Waals surface area contributed by atoms with Crippen LogP contribution in [0.2, 0.25) is 5.02 Å². The Balaban J connectivity index is 1.31. The van der Waals surface area contributed by atoms with Crippen LogP contribution in [0.15, 0.2) is 36.7 Å². The SMILES string of the molecule is Cc1cc(N2C[C@H]3CC[C@@H](C2)[C@@H]3Nc2nc(Oc3ccc(Cl)cc3)n(C(C)C)n2)ncn1. The fraction of sp³-hybridized carbons (Fsp3) is 0.478. The summed E-state index contributed by atoms with van der Waals surface area (Å²) in [6, 6.07) is 10.3. The molecule has 32 heavy (non-hydrogen) atoms. The second-order valence-electron chi connectivity index (χ2n) is 9.00. The molecule has 3 aromatic rings. The summed E-state index contributed by atoms with van der Waals surface area (Å²) in [4.78, 5) is 15.8. The van der Waals surface area contributed by atoms with E-state index in [2.05, 4.69) is 45.1 Å². The molecule has 1 N–H and O–H groups in total. The average Bonchev–Trinajstić information content (AvgIpc) is 3.26. The molecule has 9 heteroatoms. The molecule has 1 aliphatic heterocycles. The van der Waals surface area contributed by atoms with Crippen molar-refractivity contribution >= 4 is 23.4 Å². The molecule has 0 unspecified atom stereocenters. The number of anilines is 2. The van der Waals surface area contributed by atoms with Gasteiger partial charge < -0.3 is 15.0 Å². The van der Waals surface area contributed by atoms with Gasteiger partial charge in [-0.1, -0.05) is 11.6 Å². The number of ether oxygens (including phenoxy) is 1. The summed E-state index contributed by atoms with van der Waals surface area (Å²) in [6.07, 6.45) is 4.05. The molecule has 0 amide bonds. The lowest BCUT2D eigenvalue weighted by atomic mass is 9.92. The Morgan fingerprint density at radius 2 is 1.81 bits per heavy atom. The molecule has 0 spiro atoms. The molecule has 3 atom stereocenters. The van der Waals surface area contributed by atoms with Gasteiger partial charge in [-0.15, -0.1) is 5.10 Å². The van der Waals surface area contributed by atoms with E-state index in [4.69, 9.17) is 21.4 Å². The van der Waals surface area contributed by atoms with Crippen LogP contribution >= 0.6 is 11.6 Å². The molecule has 1 aliphatic carbocycles. The maximum absolute atomic E-state index is 6.02. The van der Waals surface area contributed by atoms with E-state index >= 15 is 0 Å². The Bertz CT molecular complexity index is 1070. The highest BCUT2D eigenvalue weighted by molar-refractivity contribution is 6.30. The largest absolute Gasteiger partial charge is 0.424 e. The van der Waals surface area contributed by atoms with Gasteiger partial charge in [-0.25, -0.2) is 14.6 Å². The zero-order chi connectivity index (χ0) is 22.2. The van der Waals surface area contributed by atoms with Gasteiger partial charge in [0.05, 0.1) is 6.04 Å². The number of aryl methyl sites for hydroxylation is 1. The number of nitrogens with one attached hydrogen (secondary N) is 1. The molecule has 2 aliphatic rings. The molecule has 2 bridgehead atoms. The quantitative estimate of drug-likeness (QED) is 0.577. The summed E-state index contributed by atoms with van der Waals surface area (Å²) in [5.74, 6) is 3.37. The van der Waals surface area contributed by atoms with Crippen molar-refractivity contribution in [2.45, 2.75) is 45.7 Å². The molecular formula is C23H28ClN7O. The van der Waals surface area contributed by atoms with E-state index in [9.17, 15) is 0 Å². The predicted molar refractivity (Wildman–Crippen MR) is 125 cm³/mol. The number of hydrogen-bond donors (Lipinski definition) is 1. The van der Waals surface area contributed by atoms with Crippen LogP contribution in [-0.4, -0.2) is 43.9 Å². The third kappa shape index (κ3) is 4.24. The first-order chi connectivity index (χ1) is 15.5. The van der Waals surface area contributed by atoms with Crippen LogP contribution in [0.4, 0.5) is 11.8 Å². The zero-order valence-corrected chi connectivity index (χ0v) is 19.3. The van der Waals surface area contributed by atoms with Gasteiger partial charge in [0.25, 0.3) is 0 Å². The van der Waals surface area contributed by atoms with E-state index in [0.29, 0.717) is 40.6 Å². The zero-order valence-electron chi connectivity index (χ0n) is 18.6. The highest BCUT2D eigenvalue weighted by Crippen LogP contribution is 2.40. The second-order valence-corrected chi connectivity index (χ2v) is 9.44. The van der Waals surface area contributed by atoms with E-state index in [-0.39, 0.29) is 6.04 Å². The topological polar surface area (TPSA) is 81.0 Å². The summed E-state index contributed by atoms with van der Waals surface area (Å²) in [7, 11) is 0. The lowest BCUT2D eigenvalue weighted by molar-refractivity contribution is 0.373. The number of nitrogens with zero attached hydrogens (tertiary/aromatic N) is 6. The predicted octanol–water partition coefficient (Wildman–Crippen LogP) is 4.73. The van der Waals surface area contributed by atoms with Gasteiger partial charge in [0.2, 0.25) is 5.95 Å².